The lowest BCUT2D eigenvalue weighted by atomic mass is 9.97. The van der Waals surface area contributed by atoms with Gasteiger partial charge in [0, 0.05) is 22.9 Å². The van der Waals surface area contributed by atoms with Gasteiger partial charge in [0.25, 0.3) is 0 Å². The molecule has 2 aromatic heterocycles. The van der Waals surface area contributed by atoms with Gasteiger partial charge in [0.1, 0.15) is 5.82 Å². The SMILES string of the molecule is Cc1cc(C)c(C(=O)CSc2nnc(Cc3cccs3)n2C2CC2)c(C)c1. The monoisotopic (exact) mass is 397 g/mol. The molecule has 4 nitrogen and oxygen atoms in total. The van der Waals surface area contributed by atoms with Crippen molar-refractivity contribution in [2.75, 3.05) is 5.75 Å². The first-order chi connectivity index (χ1) is 13.0. The molecule has 1 fully saturated rings. The predicted molar refractivity (Wildman–Crippen MR) is 111 cm³/mol. The van der Waals surface area contributed by atoms with E-state index in [-0.39, 0.29) is 5.78 Å². The quantitative estimate of drug-likeness (QED) is 0.408. The van der Waals surface area contributed by atoms with E-state index < -0.39 is 0 Å². The lowest BCUT2D eigenvalue weighted by Crippen LogP contribution is -2.09. The van der Waals surface area contributed by atoms with Crippen molar-refractivity contribution in [1.29, 1.82) is 0 Å². The van der Waals surface area contributed by atoms with Crippen molar-refractivity contribution in [3.8, 4) is 0 Å². The molecule has 140 valence electrons. The number of hydrogen-bond acceptors (Lipinski definition) is 5. The summed E-state index contributed by atoms with van der Waals surface area (Å²) < 4.78 is 2.26. The summed E-state index contributed by atoms with van der Waals surface area (Å²) in [7, 11) is 0. The number of hydrogen-bond donors (Lipinski definition) is 0. The van der Waals surface area contributed by atoms with E-state index in [0.717, 1.165) is 34.1 Å². The average molecular weight is 398 g/mol. The highest BCUT2D eigenvalue weighted by Gasteiger charge is 2.30. The molecule has 1 aromatic carbocycles. The van der Waals surface area contributed by atoms with Crippen LogP contribution in [0.15, 0.2) is 34.8 Å². The van der Waals surface area contributed by atoms with Crippen molar-refractivity contribution in [3.05, 3.63) is 62.6 Å². The molecule has 0 bridgehead atoms. The smallest absolute Gasteiger partial charge is 0.191 e. The second kappa shape index (κ2) is 7.60. The van der Waals surface area contributed by atoms with Crippen LogP contribution < -0.4 is 0 Å². The maximum Gasteiger partial charge on any atom is 0.191 e. The van der Waals surface area contributed by atoms with Gasteiger partial charge in [-0.05, 0) is 56.2 Å². The Balaban J connectivity index is 1.52. The number of benzene rings is 1. The van der Waals surface area contributed by atoms with E-state index in [1.54, 1.807) is 11.3 Å². The van der Waals surface area contributed by atoms with Gasteiger partial charge >= 0.3 is 0 Å². The van der Waals surface area contributed by atoms with Gasteiger partial charge in [0.2, 0.25) is 0 Å². The van der Waals surface area contributed by atoms with Gasteiger partial charge in [-0.1, -0.05) is 35.5 Å². The number of thiophene rings is 1. The minimum Gasteiger partial charge on any atom is -0.303 e. The standard InChI is InChI=1S/C21H23N3OS2/c1-13-9-14(2)20(15(3)10-13)18(25)12-27-21-23-22-19(24(21)16-6-7-16)11-17-5-4-8-26-17/h4-5,8-10,16H,6-7,11-12H2,1-3H3. The Morgan fingerprint density at radius 1 is 1.22 bits per heavy atom. The van der Waals surface area contributed by atoms with Gasteiger partial charge in [-0.3, -0.25) is 4.79 Å². The Hall–Kier alpha value is -1.92. The molecule has 0 N–H and O–H groups in total. The Morgan fingerprint density at radius 2 is 1.96 bits per heavy atom. The summed E-state index contributed by atoms with van der Waals surface area (Å²) in [4.78, 5) is 14.1. The summed E-state index contributed by atoms with van der Waals surface area (Å²) in [6, 6.07) is 8.86. The second-order valence-electron chi connectivity index (χ2n) is 7.24. The number of Topliss-reactive ketones (excluding diaryl/α,β-unsaturated/α-hetero) is 1. The van der Waals surface area contributed by atoms with Gasteiger partial charge in [-0.15, -0.1) is 21.5 Å². The van der Waals surface area contributed by atoms with Gasteiger partial charge in [-0.25, -0.2) is 0 Å². The lowest BCUT2D eigenvalue weighted by molar-refractivity contribution is 0.102. The van der Waals surface area contributed by atoms with E-state index in [0.29, 0.717) is 11.8 Å². The van der Waals surface area contributed by atoms with Crippen molar-refractivity contribution in [1.82, 2.24) is 14.8 Å². The van der Waals surface area contributed by atoms with Crippen molar-refractivity contribution < 1.29 is 4.79 Å². The summed E-state index contributed by atoms with van der Waals surface area (Å²) in [5.41, 5.74) is 4.16. The van der Waals surface area contributed by atoms with Gasteiger partial charge in [0.05, 0.1) is 5.75 Å². The van der Waals surface area contributed by atoms with E-state index in [4.69, 9.17) is 0 Å². The van der Waals surface area contributed by atoms with Crippen LogP contribution in [0, 0.1) is 20.8 Å². The second-order valence-corrected chi connectivity index (χ2v) is 9.22. The third-order valence-corrected chi connectivity index (χ3v) is 6.67. The minimum absolute atomic E-state index is 0.167. The molecule has 27 heavy (non-hydrogen) atoms. The number of aromatic nitrogens is 3. The fourth-order valence-corrected chi connectivity index (χ4v) is 5.22. The molecule has 6 heteroatoms. The van der Waals surface area contributed by atoms with Crippen LogP contribution >= 0.6 is 23.1 Å². The van der Waals surface area contributed by atoms with Crippen LogP contribution in [0.4, 0.5) is 0 Å². The molecule has 0 amide bonds. The molecule has 1 aliphatic rings. The van der Waals surface area contributed by atoms with Crippen LogP contribution in [-0.2, 0) is 6.42 Å². The van der Waals surface area contributed by atoms with Crippen LogP contribution in [0.3, 0.4) is 0 Å². The summed E-state index contributed by atoms with van der Waals surface area (Å²) in [5, 5.41) is 11.8. The molecule has 1 aliphatic carbocycles. The zero-order valence-electron chi connectivity index (χ0n) is 15.9. The molecule has 0 radical (unpaired) electrons. The molecule has 0 spiro atoms. The maximum absolute atomic E-state index is 12.9. The predicted octanol–water partition coefficient (Wildman–Crippen LogP) is 5.17. The van der Waals surface area contributed by atoms with Crippen LogP contribution in [-0.4, -0.2) is 26.3 Å². The first kappa shape index (κ1) is 18.4. The molecule has 0 atom stereocenters. The van der Waals surface area contributed by atoms with Gasteiger partial charge in [-0.2, -0.15) is 0 Å². The van der Waals surface area contributed by atoms with Crippen LogP contribution in [0.25, 0.3) is 0 Å². The Kier molecular flexibility index (Phi) is 5.19. The first-order valence-corrected chi connectivity index (χ1v) is 11.1. The van der Waals surface area contributed by atoms with E-state index in [1.165, 1.54) is 35.0 Å². The number of thioether (sulfide) groups is 1. The normalized spacial score (nSPS) is 13.9. The van der Waals surface area contributed by atoms with Gasteiger partial charge in [0.15, 0.2) is 10.9 Å². The van der Waals surface area contributed by atoms with Crippen molar-refractivity contribution in [2.24, 2.45) is 0 Å². The number of carbonyl (C=O) groups excluding carboxylic acids is 1. The largest absolute Gasteiger partial charge is 0.303 e. The van der Waals surface area contributed by atoms with Crippen molar-refractivity contribution >= 4 is 28.9 Å². The molecule has 3 aromatic rings. The Morgan fingerprint density at radius 3 is 2.59 bits per heavy atom. The number of aryl methyl sites for hydroxylation is 3. The molecular formula is C21H23N3OS2. The summed E-state index contributed by atoms with van der Waals surface area (Å²) in [6.07, 6.45) is 3.16. The van der Waals surface area contributed by atoms with E-state index in [1.807, 2.05) is 13.8 Å². The molecule has 0 saturated heterocycles. The number of nitrogens with zero attached hydrogens (tertiary/aromatic N) is 3. The third kappa shape index (κ3) is 4.01. The topological polar surface area (TPSA) is 47.8 Å². The van der Waals surface area contributed by atoms with Crippen LogP contribution in [0.5, 0.6) is 0 Å². The molecule has 1 saturated carbocycles. The fourth-order valence-electron chi connectivity index (χ4n) is 3.62. The van der Waals surface area contributed by atoms with Crippen LogP contribution in [0.1, 0.15) is 56.6 Å². The summed E-state index contributed by atoms with van der Waals surface area (Å²) in [5.74, 6) is 1.58. The number of carbonyl (C=O) groups is 1. The zero-order chi connectivity index (χ0) is 19.0. The highest BCUT2D eigenvalue weighted by atomic mass is 32.2. The maximum atomic E-state index is 12.9. The van der Waals surface area contributed by atoms with E-state index in [2.05, 4.69) is 51.3 Å². The molecular weight excluding hydrogens is 374 g/mol. The Labute approximate surface area is 168 Å². The molecule has 0 aliphatic heterocycles. The highest BCUT2D eigenvalue weighted by molar-refractivity contribution is 7.99. The Bertz CT molecular complexity index is 948. The van der Waals surface area contributed by atoms with E-state index in [9.17, 15) is 4.79 Å². The summed E-state index contributed by atoms with van der Waals surface area (Å²) >= 11 is 3.26. The third-order valence-electron chi connectivity index (χ3n) is 4.85. The molecule has 2 heterocycles. The molecule has 4 rings (SSSR count). The molecule has 0 unspecified atom stereocenters. The summed E-state index contributed by atoms with van der Waals surface area (Å²) in [6.45, 7) is 6.10. The van der Waals surface area contributed by atoms with Crippen LogP contribution in [0.2, 0.25) is 0 Å². The average Bonchev–Trinajstić information content (AvgIpc) is 3.16. The highest BCUT2D eigenvalue weighted by Crippen LogP contribution is 2.39. The van der Waals surface area contributed by atoms with Gasteiger partial charge < -0.3 is 4.57 Å². The first-order valence-electron chi connectivity index (χ1n) is 9.23. The van der Waals surface area contributed by atoms with Crippen molar-refractivity contribution in [3.63, 3.8) is 0 Å². The lowest BCUT2D eigenvalue weighted by Gasteiger charge is -2.11. The van der Waals surface area contributed by atoms with E-state index >= 15 is 0 Å². The zero-order valence-corrected chi connectivity index (χ0v) is 17.5. The van der Waals surface area contributed by atoms with Crippen molar-refractivity contribution in [2.45, 2.75) is 51.2 Å². The number of ketones is 1. The minimum atomic E-state index is 0.167. The number of rotatable bonds is 7. The fraction of sp³-hybridized carbons (Fsp3) is 0.381.